The van der Waals surface area contributed by atoms with Crippen molar-refractivity contribution < 1.29 is 8.42 Å². The summed E-state index contributed by atoms with van der Waals surface area (Å²) in [6.45, 7) is 2.65. The van der Waals surface area contributed by atoms with Crippen LogP contribution in [0.5, 0.6) is 0 Å². The molecule has 0 fully saturated rings. The monoisotopic (exact) mass is 292 g/mol. The molecule has 1 aromatic heterocycles. The van der Waals surface area contributed by atoms with E-state index in [1.54, 1.807) is 37.4 Å². The molecule has 0 bridgehead atoms. The van der Waals surface area contributed by atoms with Crippen LogP contribution in [0.2, 0.25) is 0 Å². The second kappa shape index (κ2) is 6.44. The second-order valence-corrected chi connectivity index (χ2v) is 5.86. The fourth-order valence-corrected chi connectivity index (χ4v) is 2.69. The molecular weight excluding hydrogens is 276 g/mol. The van der Waals surface area contributed by atoms with E-state index in [2.05, 4.69) is 20.2 Å². The molecule has 0 amide bonds. The van der Waals surface area contributed by atoms with Gasteiger partial charge in [0.1, 0.15) is 0 Å². The van der Waals surface area contributed by atoms with E-state index in [0.717, 1.165) is 11.4 Å². The van der Waals surface area contributed by atoms with Gasteiger partial charge in [0.05, 0.1) is 17.1 Å². The number of hydrogen-bond donors (Lipinski definition) is 2. The van der Waals surface area contributed by atoms with Crippen LogP contribution < -0.4 is 10.0 Å². The normalized spacial score (nSPS) is 11.2. The Morgan fingerprint density at radius 2 is 1.90 bits per heavy atom. The maximum Gasteiger partial charge on any atom is 0.240 e. The van der Waals surface area contributed by atoms with Gasteiger partial charge in [0.2, 0.25) is 10.0 Å². The summed E-state index contributed by atoms with van der Waals surface area (Å²) < 4.78 is 26.0. The van der Waals surface area contributed by atoms with Crippen LogP contribution in [-0.2, 0) is 16.6 Å². The van der Waals surface area contributed by atoms with Crippen molar-refractivity contribution in [3.63, 3.8) is 0 Å². The first-order valence-electron chi connectivity index (χ1n) is 6.22. The zero-order chi connectivity index (χ0) is 14.4. The van der Waals surface area contributed by atoms with Crippen LogP contribution in [0.25, 0.3) is 0 Å². The molecule has 1 aromatic carbocycles. The number of aromatic nitrogens is 2. The molecule has 2 N–H and O–H groups in total. The van der Waals surface area contributed by atoms with Gasteiger partial charge in [-0.1, -0.05) is 6.92 Å². The molecule has 1 heterocycles. The zero-order valence-corrected chi connectivity index (χ0v) is 11.9. The summed E-state index contributed by atoms with van der Waals surface area (Å²) in [5, 5.41) is 10.9. The van der Waals surface area contributed by atoms with Crippen molar-refractivity contribution in [2.24, 2.45) is 0 Å². The van der Waals surface area contributed by atoms with Gasteiger partial charge in [0.15, 0.2) is 0 Å². The standard InChI is InChI=1S/C13H16N4O2S/c1-2-16-20(18,19)13-7-5-11(6-8-13)14-10-12-4-3-9-15-17-12/h3-9,14,16H,2,10H2,1H3. The van der Waals surface area contributed by atoms with E-state index in [-0.39, 0.29) is 4.90 Å². The molecule has 7 heteroatoms. The van der Waals surface area contributed by atoms with E-state index in [1.807, 2.05) is 12.1 Å². The predicted octanol–water partition coefficient (Wildman–Crippen LogP) is 1.39. The van der Waals surface area contributed by atoms with Crippen molar-refractivity contribution in [3.8, 4) is 0 Å². The van der Waals surface area contributed by atoms with E-state index in [4.69, 9.17) is 0 Å². The molecule has 2 aromatic rings. The minimum absolute atomic E-state index is 0.254. The Morgan fingerprint density at radius 1 is 1.15 bits per heavy atom. The fraction of sp³-hybridized carbons (Fsp3) is 0.231. The van der Waals surface area contributed by atoms with E-state index in [0.29, 0.717) is 13.1 Å². The lowest BCUT2D eigenvalue weighted by atomic mass is 10.3. The van der Waals surface area contributed by atoms with E-state index in [9.17, 15) is 8.42 Å². The summed E-state index contributed by atoms with van der Waals surface area (Å²) >= 11 is 0. The Bertz CT molecular complexity index is 642. The predicted molar refractivity (Wildman–Crippen MR) is 76.7 cm³/mol. The average Bonchev–Trinajstić information content (AvgIpc) is 2.47. The van der Waals surface area contributed by atoms with Gasteiger partial charge in [0.25, 0.3) is 0 Å². The van der Waals surface area contributed by atoms with Gasteiger partial charge in [0, 0.05) is 18.4 Å². The maximum atomic E-state index is 11.8. The Morgan fingerprint density at radius 3 is 2.50 bits per heavy atom. The van der Waals surface area contributed by atoms with Crippen LogP contribution in [0.15, 0.2) is 47.5 Å². The maximum absolute atomic E-state index is 11.8. The van der Waals surface area contributed by atoms with Gasteiger partial charge in [-0.25, -0.2) is 13.1 Å². The van der Waals surface area contributed by atoms with Crippen molar-refractivity contribution >= 4 is 15.7 Å². The molecule has 0 aliphatic carbocycles. The molecule has 106 valence electrons. The van der Waals surface area contributed by atoms with Crippen molar-refractivity contribution in [2.45, 2.75) is 18.4 Å². The Hall–Kier alpha value is -1.99. The van der Waals surface area contributed by atoms with Crippen LogP contribution in [-0.4, -0.2) is 25.2 Å². The summed E-state index contributed by atoms with van der Waals surface area (Å²) in [4.78, 5) is 0.254. The zero-order valence-electron chi connectivity index (χ0n) is 11.1. The largest absolute Gasteiger partial charge is 0.379 e. The third kappa shape index (κ3) is 3.75. The molecule has 0 atom stereocenters. The first-order valence-corrected chi connectivity index (χ1v) is 7.70. The number of benzene rings is 1. The quantitative estimate of drug-likeness (QED) is 0.840. The van der Waals surface area contributed by atoms with E-state index < -0.39 is 10.0 Å². The molecule has 0 saturated heterocycles. The smallest absolute Gasteiger partial charge is 0.240 e. The molecule has 20 heavy (non-hydrogen) atoms. The van der Waals surface area contributed by atoms with Gasteiger partial charge < -0.3 is 5.32 Å². The number of nitrogens with zero attached hydrogens (tertiary/aromatic N) is 2. The lowest BCUT2D eigenvalue weighted by Crippen LogP contribution is -2.23. The molecule has 0 aliphatic rings. The van der Waals surface area contributed by atoms with Crippen molar-refractivity contribution in [3.05, 3.63) is 48.3 Å². The molecule has 0 spiro atoms. The Labute approximate surface area is 118 Å². The first-order chi connectivity index (χ1) is 9.62. The van der Waals surface area contributed by atoms with Crippen molar-refractivity contribution in [1.29, 1.82) is 0 Å². The molecule has 0 unspecified atom stereocenters. The Kier molecular flexibility index (Phi) is 4.65. The highest BCUT2D eigenvalue weighted by atomic mass is 32.2. The Balaban J connectivity index is 2.02. The molecule has 0 aliphatic heterocycles. The van der Waals surface area contributed by atoms with Crippen molar-refractivity contribution in [2.75, 3.05) is 11.9 Å². The topological polar surface area (TPSA) is 84.0 Å². The number of hydrogen-bond acceptors (Lipinski definition) is 5. The number of rotatable bonds is 6. The highest BCUT2D eigenvalue weighted by molar-refractivity contribution is 7.89. The summed E-state index contributed by atoms with van der Waals surface area (Å²) in [7, 11) is -3.39. The van der Waals surface area contributed by atoms with Crippen LogP contribution in [0.3, 0.4) is 0 Å². The van der Waals surface area contributed by atoms with Crippen LogP contribution in [0.1, 0.15) is 12.6 Å². The average molecular weight is 292 g/mol. The van der Waals surface area contributed by atoms with Gasteiger partial charge >= 0.3 is 0 Å². The van der Waals surface area contributed by atoms with Crippen LogP contribution in [0.4, 0.5) is 5.69 Å². The van der Waals surface area contributed by atoms with Gasteiger partial charge in [-0.2, -0.15) is 10.2 Å². The first kappa shape index (κ1) is 14.4. The summed E-state index contributed by atoms with van der Waals surface area (Å²) in [5.41, 5.74) is 1.64. The van der Waals surface area contributed by atoms with Crippen LogP contribution in [0, 0.1) is 0 Å². The third-order valence-corrected chi connectivity index (χ3v) is 4.16. The van der Waals surface area contributed by atoms with Crippen molar-refractivity contribution in [1.82, 2.24) is 14.9 Å². The molecule has 6 nitrogen and oxygen atoms in total. The van der Waals surface area contributed by atoms with Gasteiger partial charge in [-0.3, -0.25) is 0 Å². The molecule has 0 radical (unpaired) electrons. The van der Waals surface area contributed by atoms with Gasteiger partial charge in [-0.15, -0.1) is 0 Å². The fourth-order valence-electron chi connectivity index (χ4n) is 1.65. The summed E-state index contributed by atoms with van der Waals surface area (Å²) in [6.07, 6.45) is 1.61. The minimum atomic E-state index is -3.39. The number of anilines is 1. The SMILES string of the molecule is CCNS(=O)(=O)c1ccc(NCc2cccnn2)cc1. The van der Waals surface area contributed by atoms with Crippen LogP contribution >= 0.6 is 0 Å². The number of nitrogens with one attached hydrogen (secondary N) is 2. The molecular formula is C13H16N4O2S. The van der Waals surface area contributed by atoms with Gasteiger partial charge in [-0.05, 0) is 36.4 Å². The number of sulfonamides is 1. The second-order valence-electron chi connectivity index (χ2n) is 4.09. The highest BCUT2D eigenvalue weighted by Gasteiger charge is 2.11. The molecule has 2 rings (SSSR count). The third-order valence-electron chi connectivity index (χ3n) is 2.60. The minimum Gasteiger partial charge on any atom is -0.379 e. The lowest BCUT2D eigenvalue weighted by Gasteiger charge is -2.07. The lowest BCUT2D eigenvalue weighted by molar-refractivity contribution is 0.584. The summed E-state index contributed by atoms with van der Waals surface area (Å²) in [5.74, 6) is 0. The van der Waals surface area contributed by atoms with E-state index in [1.165, 1.54) is 0 Å². The highest BCUT2D eigenvalue weighted by Crippen LogP contribution is 2.14. The van der Waals surface area contributed by atoms with E-state index >= 15 is 0 Å². The summed E-state index contributed by atoms with van der Waals surface area (Å²) in [6, 6.07) is 10.3. The molecule has 0 saturated carbocycles.